The molecule has 2 heterocycles. The molecule has 3 rings (SSSR count). The van der Waals surface area contributed by atoms with Gasteiger partial charge in [0.25, 0.3) is 0 Å². The van der Waals surface area contributed by atoms with E-state index in [0.717, 1.165) is 11.4 Å². The van der Waals surface area contributed by atoms with Gasteiger partial charge in [0.15, 0.2) is 0 Å². The molecule has 0 atom stereocenters. The van der Waals surface area contributed by atoms with Gasteiger partial charge in [-0.25, -0.2) is 0 Å². The topological polar surface area (TPSA) is 60.5 Å². The summed E-state index contributed by atoms with van der Waals surface area (Å²) in [6, 6.07) is 19.5. The Morgan fingerprint density at radius 1 is 1.07 bits per heavy atom. The number of amides is 1. The lowest BCUT2D eigenvalue weighted by atomic mass is 10.2. The predicted octanol–water partition coefficient (Wildman–Crippen LogP) is 4.29. The highest BCUT2D eigenvalue weighted by Crippen LogP contribution is 2.18. The first kappa shape index (κ1) is 18.9. The van der Waals surface area contributed by atoms with Crippen LogP contribution in [-0.2, 0) is 17.9 Å². The molecule has 0 aliphatic rings. The molecule has 0 aliphatic carbocycles. The highest BCUT2D eigenvalue weighted by atomic mass is 32.1. The van der Waals surface area contributed by atoms with Crippen molar-refractivity contribution >= 4 is 22.9 Å². The Morgan fingerprint density at radius 3 is 2.59 bits per heavy atom. The van der Waals surface area contributed by atoms with Gasteiger partial charge in [-0.1, -0.05) is 24.3 Å². The number of nitrogens with zero attached hydrogens (tertiary/aromatic N) is 3. The fourth-order valence-corrected chi connectivity index (χ4v) is 3.60. The Bertz CT molecular complexity index is 818. The Hall–Kier alpha value is -2.88. The van der Waals surface area contributed by atoms with Crippen LogP contribution in [0.25, 0.3) is 0 Å². The standard InChI is InChI=1S/C21H21N3O2S/c22-11-6-12-24(18-7-2-1-3-8-18)21(25)17-23(15-19-9-4-13-26-19)16-20-10-5-14-27-20/h1-5,7-10,13-14H,6,12,15-17H2. The molecular weight excluding hydrogens is 358 g/mol. The van der Waals surface area contributed by atoms with Crippen LogP contribution in [0.3, 0.4) is 0 Å². The number of anilines is 1. The lowest BCUT2D eigenvalue weighted by Gasteiger charge is -2.26. The number of nitriles is 1. The summed E-state index contributed by atoms with van der Waals surface area (Å²) in [5.41, 5.74) is 0.812. The van der Waals surface area contributed by atoms with E-state index >= 15 is 0 Å². The van der Waals surface area contributed by atoms with Crippen molar-refractivity contribution in [3.63, 3.8) is 0 Å². The van der Waals surface area contributed by atoms with Gasteiger partial charge < -0.3 is 9.32 Å². The molecule has 6 heteroatoms. The van der Waals surface area contributed by atoms with Crippen molar-refractivity contribution in [2.45, 2.75) is 19.5 Å². The third kappa shape index (κ3) is 5.55. The highest BCUT2D eigenvalue weighted by molar-refractivity contribution is 7.09. The summed E-state index contributed by atoms with van der Waals surface area (Å²) in [6.45, 7) is 1.86. The van der Waals surface area contributed by atoms with Crippen LogP contribution in [0.2, 0.25) is 0 Å². The quantitative estimate of drug-likeness (QED) is 0.556. The Labute approximate surface area is 163 Å². The summed E-state index contributed by atoms with van der Waals surface area (Å²) in [6.07, 6.45) is 1.94. The van der Waals surface area contributed by atoms with Gasteiger partial charge in [-0.3, -0.25) is 9.69 Å². The van der Waals surface area contributed by atoms with Gasteiger partial charge in [0.1, 0.15) is 5.76 Å². The maximum Gasteiger partial charge on any atom is 0.241 e. The minimum absolute atomic E-state index is 0.0282. The highest BCUT2D eigenvalue weighted by Gasteiger charge is 2.20. The van der Waals surface area contributed by atoms with Crippen molar-refractivity contribution < 1.29 is 9.21 Å². The lowest BCUT2D eigenvalue weighted by Crippen LogP contribution is -2.40. The molecule has 0 radical (unpaired) electrons. The van der Waals surface area contributed by atoms with Crippen molar-refractivity contribution in [2.24, 2.45) is 0 Å². The van der Waals surface area contributed by atoms with Crippen molar-refractivity contribution in [1.29, 1.82) is 5.26 Å². The van der Waals surface area contributed by atoms with E-state index in [1.165, 1.54) is 4.88 Å². The maximum atomic E-state index is 13.1. The SMILES string of the molecule is N#CCCN(C(=O)CN(Cc1ccco1)Cc1cccs1)c1ccccc1. The molecule has 0 spiro atoms. The third-order valence-corrected chi connectivity index (χ3v) is 4.96. The first-order valence-electron chi connectivity index (χ1n) is 8.76. The molecule has 0 N–H and O–H groups in total. The molecule has 1 amide bonds. The smallest absolute Gasteiger partial charge is 0.241 e. The van der Waals surface area contributed by atoms with Gasteiger partial charge in [0.2, 0.25) is 5.91 Å². The summed E-state index contributed by atoms with van der Waals surface area (Å²) < 4.78 is 5.47. The Balaban J connectivity index is 1.75. The summed E-state index contributed by atoms with van der Waals surface area (Å²) in [5, 5.41) is 11.0. The molecule has 3 aromatic rings. The number of para-hydroxylation sites is 1. The number of thiophene rings is 1. The molecule has 138 valence electrons. The first-order valence-corrected chi connectivity index (χ1v) is 9.63. The van der Waals surface area contributed by atoms with Gasteiger partial charge in [-0.05, 0) is 35.7 Å². The molecule has 0 unspecified atom stereocenters. The Kier molecular flexibility index (Phi) is 6.80. The van der Waals surface area contributed by atoms with Crippen LogP contribution in [0.4, 0.5) is 5.69 Å². The summed E-state index contributed by atoms with van der Waals surface area (Å²) in [7, 11) is 0. The first-order chi connectivity index (χ1) is 13.3. The normalized spacial score (nSPS) is 10.7. The monoisotopic (exact) mass is 379 g/mol. The van der Waals surface area contributed by atoms with E-state index in [4.69, 9.17) is 9.68 Å². The van der Waals surface area contributed by atoms with Crippen LogP contribution in [0.1, 0.15) is 17.1 Å². The number of rotatable bonds is 9. The Morgan fingerprint density at radius 2 is 1.93 bits per heavy atom. The number of furan rings is 1. The summed E-state index contributed by atoms with van der Waals surface area (Å²) >= 11 is 1.67. The van der Waals surface area contributed by atoms with Gasteiger partial charge in [-0.15, -0.1) is 11.3 Å². The molecule has 0 fully saturated rings. The van der Waals surface area contributed by atoms with E-state index < -0.39 is 0 Å². The van der Waals surface area contributed by atoms with Gasteiger partial charge in [0.05, 0.1) is 31.8 Å². The molecule has 27 heavy (non-hydrogen) atoms. The minimum Gasteiger partial charge on any atom is -0.468 e. The lowest BCUT2D eigenvalue weighted by molar-refractivity contribution is -0.120. The molecule has 0 bridgehead atoms. The molecule has 0 saturated heterocycles. The van der Waals surface area contributed by atoms with E-state index in [1.807, 2.05) is 53.9 Å². The third-order valence-electron chi connectivity index (χ3n) is 4.09. The van der Waals surface area contributed by atoms with Crippen LogP contribution >= 0.6 is 11.3 Å². The second-order valence-electron chi connectivity index (χ2n) is 6.09. The summed E-state index contributed by atoms with van der Waals surface area (Å²) in [4.78, 5) is 18.0. The van der Waals surface area contributed by atoms with Crippen LogP contribution in [-0.4, -0.2) is 23.9 Å². The van der Waals surface area contributed by atoms with Crippen LogP contribution < -0.4 is 4.90 Å². The van der Waals surface area contributed by atoms with Crippen LogP contribution in [0.15, 0.2) is 70.7 Å². The average Bonchev–Trinajstić information content (AvgIpc) is 3.37. The maximum absolute atomic E-state index is 13.1. The van der Waals surface area contributed by atoms with E-state index in [-0.39, 0.29) is 12.5 Å². The zero-order valence-electron chi connectivity index (χ0n) is 15.0. The number of carbonyl (C=O) groups is 1. The second kappa shape index (κ2) is 9.72. The molecule has 0 saturated carbocycles. The summed E-state index contributed by atoms with van der Waals surface area (Å²) in [5.74, 6) is 0.794. The molecular formula is C21H21N3O2S. The van der Waals surface area contributed by atoms with Crippen LogP contribution in [0.5, 0.6) is 0 Å². The van der Waals surface area contributed by atoms with Gasteiger partial charge >= 0.3 is 0 Å². The van der Waals surface area contributed by atoms with E-state index in [9.17, 15) is 4.79 Å². The van der Waals surface area contributed by atoms with Crippen molar-refractivity contribution in [2.75, 3.05) is 18.0 Å². The van der Waals surface area contributed by atoms with Gasteiger partial charge in [-0.2, -0.15) is 5.26 Å². The number of carbonyl (C=O) groups excluding carboxylic acids is 1. The van der Waals surface area contributed by atoms with Gasteiger partial charge in [0, 0.05) is 23.7 Å². The predicted molar refractivity (Wildman–Crippen MR) is 106 cm³/mol. The fraction of sp³-hybridized carbons (Fsp3) is 0.238. The zero-order valence-corrected chi connectivity index (χ0v) is 15.8. The van der Waals surface area contributed by atoms with Crippen molar-refractivity contribution in [3.8, 4) is 6.07 Å². The molecule has 1 aromatic carbocycles. The largest absolute Gasteiger partial charge is 0.468 e. The fourth-order valence-electron chi connectivity index (χ4n) is 2.86. The minimum atomic E-state index is -0.0282. The number of benzene rings is 1. The van der Waals surface area contributed by atoms with E-state index in [2.05, 4.69) is 17.0 Å². The molecule has 0 aliphatic heterocycles. The number of hydrogen-bond acceptors (Lipinski definition) is 5. The molecule has 2 aromatic heterocycles. The number of hydrogen-bond donors (Lipinski definition) is 0. The molecule has 5 nitrogen and oxygen atoms in total. The van der Waals surface area contributed by atoms with Crippen LogP contribution in [0, 0.1) is 11.3 Å². The average molecular weight is 379 g/mol. The van der Waals surface area contributed by atoms with Crippen molar-refractivity contribution in [3.05, 3.63) is 76.9 Å². The van der Waals surface area contributed by atoms with Crippen molar-refractivity contribution in [1.82, 2.24) is 4.90 Å². The van der Waals surface area contributed by atoms with E-state index in [1.54, 1.807) is 22.5 Å². The van der Waals surface area contributed by atoms with E-state index in [0.29, 0.717) is 26.1 Å². The second-order valence-corrected chi connectivity index (χ2v) is 7.13. The zero-order chi connectivity index (χ0) is 18.9.